The van der Waals surface area contributed by atoms with Crippen molar-refractivity contribution in [2.24, 2.45) is 0 Å². The molecule has 5 nitrogen and oxygen atoms in total. The third kappa shape index (κ3) is 10.5. The molecule has 16 heavy (non-hydrogen) atoms. The van der Waals surface area contributed by atoms with Crippen LogP contribution in [0.2, 0.25) is 0 Å². The first-order valence-electron chi connectivity index (χ1n) is 4.73. The van der Waals surface area contributed by atoms with Crippen LogP contribution >= 0.6 is 0 Å². The highest BCUT2D eigenvalue weighted by atomic mass is 16.4. The fourth-order valence-corrected chi connectivity index (χ4v) is 0.492. The standard InChI is InChI=1S/C6H10O3.C5H8O2/c1-5(6(8)9)3-2-4-7;1-3-4(2)5(6)7/h3,7H,2,4H2,1H3,(H,8,9);3H,1-2H3,(H,6,7). The Morgan fingerprint density at radius 2 is 1.50 bits per heavy atom. The van der Waals surface area contributed by atoms with E-state index in [0.29, 0.717) is 12.0 Å². The molecule has 5 heteroatoms. The molecule has 0 heterocycles. The van der Waals surface area contributed by atoms with Crippen LogP contribution in [0.1, 0.15) is 27.2 Å². The third-order valence-electron chi connectivity index (χ3n) is 1.69. The SMILES string of the molecule is CC(=CCCO)C(=O)O.CC=C(C)C(=O)O. The predicted octanol–water partition coefficient (Wildman–Crippen LogP) is 1.44. The molecule has 0 fully saturated rings. The van der Waals surface area contributed by atoms with Crippen LogP contribution in [0.25, 0.3) is 0 Å². The Kier molecular flexibility index (Phi) is 10.4. The number of carboxylic acids is 2. The molecule has 0 saturated heterocycles. The highest BCUT2D eigenvalue weighted by Gasteiger charge is 1.96. The second kappa shape index (κ2) is 9.92. The number of carbonyl (C=O) groups is 2. The first-order valence-corrected chi connectivity index (χ1v) is 4.73. The molecular weight excluding hydrogens is 212 g/mol. The number of hydrogen-bond donors (Lipinski definition) is 3. The van der Waals surface area contributed by atoms with Crippen molar-refractivity contribution in [2.75, 3.05) is 6.61 Å². The molecule has 0 spiro atoms. The van der Waals surface area contributed by atoms with E-state index >= 15 is 0 Å². The van der Waals surface area contributed by atoms with Gasteiger partial charge in [0.15, 0.2) is 0 Å². The molecule has 0 amide bonds. The predicted molar refractivity (Wildman–Crippen MR) is 60.2 cm³/mol. The summed E-state index contributed by atoms with van der Waals surface area (Å²) >= 11 is 0. The van der Waals surface area contributed by atoms with E-state index in [1.807, 2.05) is 0 Å². The summed E-state index contributed by atoms with van der Waals surface area (Å²) in [6.45, 7) is 4.76. The maximum atomic E-state index is 10.1. The Hall–Kier alpha value is -1.62. The molecule has 0 bridgehead atoms. The molecule has 0 aromatic carbocycles. The van der Waals surface area contributed by atoms with E-state index in [1.54, 1.807) is 19.9 Å². The van der Waals surface area contributed by atoms with Gasteiger partial charge in [0, 0.05) is 17.8 Å². The molecule has 0 aromatic rings. The summed E-state index contributed by atoms with van der Waals surface area (Å²) in [6.07, 6.45) is 3.46. The quantitative estimate of drug-likeness (QED) is 0.635. The lowest BCUT2D eigenvalue weighted by Gasteiger charge is -1.89. The largest absolute Gasteiger partial charge is 0.478 e. The van der Waals surface area contributed by atoms with Crippen LogP contribution < -0.4 is 0 Å². The van der Waals surface area contributed by atoms with E-state index in [2.05, 4.69) is 0 Å². The van der Waals surface area contributed by atoms with Gasteiger partial charge >= 0.3 is 11.9 Å². The van der Waals surface area contributed by atoms with Crippen LogP contribution in [0.4, 0.5) is 0 Å². The molecule has 0 unspecified atom stereocenters. The molecule has 0 aliphatic heterocycles. The number of allylic oxidation sites excluding steroid dienone is 1. The minimum Gasteiger partial charge on any atom is -0.478 e. The van der Waals surface area contributed by atoms with Crippen molar-refractivity contribution in [3.8, 4) is 0 Å². The molecule has 0 saturated carbocycles. The fourth-order valence-electron chi connectivity index (χ4n) is 0.492. The van der Waals surface area contributed by atoms with Crippen LogP contribution in [0, 0.1) is 0 Å². The van der Waals surface area contributed by atoms with E-state index in [-0.39, 0.29) is 12.2 Å². The van der Waals surface area contributed by atoms with Crippen molar-refractivity contribution >= 4 is 11.9 Å². The van der Waals surface area contributed by atoms with Crippen molar-refractivity contribution in [3.05, 3.63) is 23.3 Å². The number of aliphatic hydroxyl groups is 1. The van der Waals surface area contributed by atoms with E-state index in [4.69, 9.17) is 15.3 Å². The van der Waals surface area contributed by atoms with Gasteiger partial charge in [-0.15, -0.1) is 0 Å². The van der Waals surface area contributed by atoms with Gasteiger partial charge in [-0.1, -0.05) is 12.2 Å². The van der Waals surface area contributed by atoms with Gasteiger partial charge in [-0.05, 0) is 27.2 Å². The summed E-state index contributed by atoms with van der Waals surface area (Å²) < 4.78 is 0. The molecule has 0 radical (unpaired) electrons. The van der Waals surface area contributed by atoms with E-state index < -0.39 is 11.9 Å². The number of rotatable bonds is 4. The molecular formula is C11H18O5. The summed E-state index contributed by atoms with van der Waals surface area (Å²) in [7, 11) is 0. The second-order valence-electron chi connectivity index (χ2n) is 2.98. The Morgan fingerprint density at radius 3 is 1.69 bits per heavy atom. The minimum atomic E-state index is -0.927. The molecule has 92 valence electrons. The number of aliphatic carboxylic acids is 2. The zero-order chi connectivity index (χ0) is 13.1. The summed E-state index contributed by atoms with van der Waals surface area (Å²) in [5.41, 5.74) is 0.670. The van der Waals surface area contributed by atoms with Crippen molar-refractivity contribution < 1.29 is 24.9 Å². The summed E-state index contributed by atoms with van der Waals surface area (Å²) in [4.78, 5) is 19.9. The zero-order valence-corrected chi connectivity index (χ0v) is 9.73. The van der Waals surface area contributed by atoms with Crippen molar-refractivity contribution in [3.63, 3.8) is 0 Å². The average molecular weight is 230 g/mol. The first kappa shape index (κ1) is 16.8. The summed E-state index contributed by atoms with van der Waals surface area (Å²) in [5, 5.41) is 24.6. The fraction of sp³-hybridized carbons (Fsp3) is 0.455. The van der Waals surface area contributed by atoms with Gasteiger partial charge in [-0.25, -0.2) is 9.59 Å². The van der Waals surface area contributed by atoms with Crippen LogP contribution in [0.5, 0.6) is 0 Å². The van der Waals surface area contributed by atoms with E-state index in [1.165, 1.54) is 13.0 Å². The van der Waals surface area contributed by atoms with Crippen LogP contribution in [-0.4, -0.2) is 33.9 Å². The van der Waals surface area contributed by atoms with Crippen LogP contribution in [0.3, 0.4) is 0 Å². The smallest absolute Gasteiger partial charge is 0.330 e. The molecule has 0 aromatic heterocycles. The molecule has 0 rings (SSSR count). The molecule has 0 aliphatic carbocycles. The number of carboxylic acid groups (broad SMARTS) is 2. The monoisotopic (exact) mass is 230 g/mol. The Balaban J connectivity index is 0. The van der Waals surface area contributed by atoms with E-state index in [0.717, 1.165) is 0 Å². The van der Waals surface area contributed by atoms with Gasteiger partial charge in [0.2, 0.25) is 0 Å². The molecule has 3 N–H and O–H groups in total. The highest BCUT2D eigenvalue weighted by Crippen LogP contribution is 1.93. The summed E-state index contributed by atoms with van der Waals surface area (Å²) in [5.74, 6) is -1.77. The lowest BCUT2D eigenvalue weighted by atomic mass is 10.2. The lowest BCUT2D eigenvalue weighted by molar-refractivity contribution is -0.133. The number of aliphatic hydroxyl groups excluding tert-OH is 1. The topological polar surface area (TPSA) is 94.8 Å². The van der Waals surface area contributed by atoms with Gasteiger partial charge in [-0.3, -0.25) is 0 Å². The molecule has 0 aliphatic rings. The lowest BCUT2D eigenvalue weighted by Crippen LogP contribution is -1.95. The van der Waals surface area contributed by atoms with Crippen LogP contribution in [0.15, 0.2) is 23.3 Å². The van der Waals surface area contributed by atoms with Crippen molar-refractivity contribution in [1.29, 1.82) is 0 Å². The summed E-state index contributed by atoms with van der Waals surface area (Å²) in [6, 6.07) is 0. The van der Waals surface area contributed by atoms with Gasteiger partial charge < -0.3 is 15.3 Å². The van der Waals surface area contributed by atoms with Gasteiger partial charge in [0.1, 0.15) is 0 Å². The zero-order valence-electron chi connectivity index (χ0n) is 9.73. The third-order valence-corrected chi connectivity index (χ3v) is 1.69. The van der Waals surface area contributed by atoms with E-state index in [9.17, 15) is 9.59 Å². The first-order chi connectivity index (χ1) is 7.36. The number of hydrogen-bond acceptors (Lipinski definition) is 3. The Labute approximate surface area is 94.7 Å². The van der Waals surface area contributed by atoms with Crippen LogP contribution in [-0.2, 0) is 9.59 Å². The van der Waals surface area contributed by atoms with Gasteiger partial charge in [-0.2, -0.15) is 0 Å². The van der Waals surface area contributed by atoms with Crippen molar-refractivity contribution in [1.82, 2.24) is 0 Å². The van der Waals surface area contributed by atoms with Crippen molar-refractivity contribution in [2.45, 2.75) is 27.2 Å². The van der Waals surface area contributed by atoms with Gasteiger partial charge in [0.05, 0.1) is 0 Å². The maximum Gasteiger partial charge on any atom is 0.330 e. The minimum absolute atomic E-state index is 0.00458. The maximum absolute atomic E-state index is 10.1. The second-order valence-corrected chi connectivity index (χ2v) is 2.98. The Morgan fingerprint density at radius 1 is 1.06 bits per heavy atom. The normalized spacial score (nSPS) is 11.5. The molecule has 0 atom stereocenters. The Bertz CT molecular complexity index is 289. The highest BCUT2D eigenvalue weighted by molar-refractivity contribution is 5.85. The van der Waals surface area contributed by atoms with Gasteiger partial charge in [0.25, 0.3) is 0 Å². The average Bonchev–Trinajstić information content (AvgIpc) is 2.25.